The molecule has 0 heterocycles. The van der Waals surface area contributed by atoms with Crippen molar-refractivity contribution in [3.8, 4) is 11.5 Å². The average molecular weight is 550 g/mol. The Morgan fingerprint density at radius 3 is 1.87 bits per heavy atom. The van der Waals surface area contributed by atoms with Crippen LogP contribution in [0.5, 0.6) is 11.5 Å². The first-order chi connectivity index (χ1) is 18.1. The summed E-state index contributed by atoms with van der Waals surface area (Å²) in [6.07, 6.45) is 1.51. The lowest BCUT2D eigenvalue weighted by Gasteiger charge is -2.30. The zero-order valence-electron chi connectivity index (χ0n) is 24.8. The van der Waals surface area contributed by atoms with Crippen molar-refractivity contribution in [1.29, 1.82) is 0 Å². The molecule has 0 radical (unpaired) electrons. The number of carboxylic acid groups (broad SMARTS) is 1. The van der Waals surface area contributed by atoms with Gasteiger partial charge in [0, 0.05) is 25.7 Å². The molecule has 0 aliphatic rings. The summed E-state index contributed by atoms with van der Waals surface area (Å²) in [5, 5.41) is 9.98. The predicted molar refractivity (Wildman–Crippen MR) is 148 cm³/mol. The summed E-state index contributed by atoms with van der Waals surface area (Å²) in [4.78, 5) is 49.7. The van der Waals surface area contributed by atoms with Gasteiger partial charge in [-0.05, 0) is 56.7 Å². The van der Waals surface area contributed by atoms with E-state index in [0.29, 0.717) is 12.0 Å². The van der Waals surface area contributed by atoms with Gasteiger partial charge in [-0.3, -0.25) is 19.2 Å². The maximum Gasteiger partial charge on any atom is 0.324 e. The van der Waals surface area contributed by atoms with Crippen LogP contribution >= 0.6 is 0 Å². The molecule has 0 saturated heterocycles. The third kappa shape index (κ3) is 11.0. The zero-order valence-corrected chi connectivity index (χ0v) is 24.8. The average Bonchev–Trinajstić information content (AvgIpc) is 2.84. The highest BCUT2D eigenvalue weighted by atomic mass is 16.6. The second kappa shape index (κ2) is 15.0. The number of carboxylic acids is 1. The van der Waals surface area contributed by atoms with Crippen LogP contribution in [0.25, 0.3) is 0 Å². The molecule has 0 spiro atoms. The summed E-state index contributed by atoms with van der Waals surface area (Å²) in [5.41, 5.74) is 4.31. The van der Waals surface area contributed by atoms with Gasteiger partial charge in [0.15, 0.2) is 11.5 Å². The SMILES string of the molecule is CCC(C)CC(=O)Oc1ccc(CC(N)(C[C@H](C)OC(=O)C(C)(C)CC)C(=O)O)cc1OC(=O)CC(C)CC. The van der Waals surface area contributed by atoms with Gasteiger partial charge in [0.2, 0.25) is 0 Å². The second-order valence-electron chi connectivity index (χ2n) is 11.5. The molecule has 0 fully saturated rings. The maximum absolute atomic E-state index is 12.6. The van der Waals surface area contributed by atoms with Crippen LogP contribution in [0.4, 0.5) is 0 Å². The lowest BCUT2D eigenvalue weighted by atomic mass is 9.86. The van der Waals surface area contributed by atoms with E-state index in [9.17, 15) is 24.3 Å². The molecular weight excluding hydrogens is 502 g/mol. The van der Waals surface area contributed by atoms with Crippen molar-refractivity contribution in [2.24, 2.45) is 23.0 Å². The van der Waals surface area contributed by atoms with Crippen LogP contribution in [0, 0.1) is 17.3 Å². The van der Waals surface area contributed by atoms with Crippen molar-refractivity contribution in [2.45, 2.75) is 112 Å². The third-order valence-electron chi connectivity index (χ3n) is 7.22. The smallest absolute Gasteiger partial charge is 0.324 e. The van der Waals surface area contributed by atoms with Gasteiger partial charge in [-0.15, -0.1) is 0 Å². The molecule has 1 rings (SSSR count). The summed E-state index contributed by atoms with van der Waals surface area (Å²) < 4.78 is 16.6. The molecule has 39 heavy (non-hydrogen) atoms. The minimum Gasteiger partial charge on any atom is -0.480 e. The number of benzene rings is 1. The fourth-order valence-electron chi connectivity index (χ4n) is 3.65. The number of nitrogens with two attached hydrogens (primary N) is 1. The molecule has 9 heteroatoms. The van der Waals surface area contributed by atoms with E-state index < -0.39 is 40.9 Å². The normalized spacial score (nSPS) is 15.4. The lowest BCUT2D eigenvalue weighted by molar-refractivity contribution is -0.162. The van der Waals surface area contributed by atoms with Gasteiger partial charge in [0.25, 0.3) is 0 Å². The van der Waals surface area contributed by atoms with E-state index in [4.69, 9.17) is 19.9 Å². The van der Waals surface area contributed by atoms with Crippen LogP contribution in [0.2, 0.25) is 0 Å². The van der Waals surface area contributed by atoms with E-state index in [1.54, 1.807) is 26.8 Å². The Morgan fingerprint density at radius 2 is 1.41 bits per heavy atom. The first-order valence-electron chi connectivity index (χ1n) is 13.8. The largest absolute Gasteiger partial charge is 0.480 e. The fourth-order valence-corrected chi connectivity index (χ4v) is 3.65. The van der Waals surface area contributed by atoms with E-state index in [0.717, 1.165) is 12.8 Å². The van der Waals surface area contributed by atoms with Gasteiger partial charge in [0.05, 0.1) is 5.41 Å². The monoisotopic (exact) mass is 549 g/mol. The zero-order chi connectivity index (χ0) is 30.0. The van der Waals surface area contributed by atoms with Crippen molar-refractivity contribution in [3.63, 3.8) is 0 Å². The molecule has 1 aromatic rings. The topological polar surface area (TPSA) is 142 Å². The molecule has 0 amide bonds. The molecule has 9 nitrogen and oxygen atoms in total. The van der Waals surface area contributed by atoms with Crippen LogP contribution in [0.1, 0.15) is 99.5 Å². The number of carbonyl (C=O) groups is 4. The highest BCUT2D eigenvalue weighted by molar-refractivity contribution is 5.80. The number of hydrogen-bond acceptors (Lipinski definition) is 8. The molecule has 0 aliphatic carbocycles. The summed E-state index contributed by atoms with van der Waals surface area (Å²) in [7, 11) is 0. The van der Waals surface area contributed by atoms with E-state index in [2.05, 4.69) is 0 Å². The van der Waals surface area contributed by atoms with Crippen LogP contribution < -0.4 is 15.2 Å². The minimum atomic E-state index is -1.77. The molecule has 4 atom stereocenters. The molecule has 3 unspecified atom stereocenters. The van der Waals surface area contributed by atoms with Crippen molar-refractivity contribution in [2.75, 3.05) is 0 Å². The Kier molecular flexibility index (Phi) is 13.1. The quantitative estimate of drug-likeness (QED) is 0.203. The second-order valence-corrected chi connectivity index (χ2v) is 11.5. The summed E-state index contributed by atoms with van der Waals surface area (Å²) in [6, 6.07) is 4.53. The standard InChI is InChI=1S/C30H47NO8/c1-9-19(4)14-25(32)38-23-13-12-22(16-24(23)39-26(33)15-20(5)10-2)18-30(31,27(34)35)17-21(6)37-28(36)29(7,8)11-3/h12-13,16,19-21H,9-11,14-15,17-18,31H2,1-8H3,(H,34,35)/t19?,20?,21-,30?/m0/s1. The van der Waals surface area contributed by atoms with Gasteiger partial charge in [-0.1, -0.05) is 53.5 Å². The van der Waals surface area contributed by atoms with Gasteiger partial charge in [-0.25, -0.2) is 0 Å². The van der Waals surface area contributed by atoms with Gasteiger partial charge < -0.3 is 25.1 Å². The molecular formula is C30H47NO8. The molecule has 0 saturated carbocycles. The Labute approximate surface area is 232 Å². The number of hydrogen-bond donors (Lipinski definition) is 2. The Hall–Kier alpha value is -2.94. The lowest BCUT2D eigenvalue weighted by Crippen LogP contribution is -2.52. The van der Waals surface area contributed by atoms with Crippen LogP contribution in [0.3, 0.4) is 0 Å². The van der Waals surface area contributed by atoms with Gasteiger partial charge in [-0.2, -0.15) is 0 Å². The van der Waals surface area contributed by atoms with Crippen molar-refractivity contribution in [3.05, 3.63) is 23.8 Å². The maximum atomic E-state index is 12.6. The van der Waals surface area contributed by atoms with Gasteiger partial charge >= 0.3 is 23.9 Å². The molecule has 220 valence electrons. The number of ether oxygens (including phenoxy) is 3. The molecule has 1 aromatic carbocycles. The summed E-state index contributed by atoms with van der Waals surface area (Å²) >= 11 is 0. The predicted octanol–water partition coefficient (Wildman–Crippen LogP) is 5.45. The Morgan fingerprint density at radius 1 is 0.897 bits per heavy atom. The minimum absolute atomic E-state index is 0.0233. The van der Waals surface area contributed by atoms with E-state index in [1.165, 1.54) is 12.1 Å². The molecule has 3 N–H and O–H groups in total. The van der Waals surface area contributed by atoms with Gasteiger partial charge in [0.1, 0.15) is 11.6 Å². The van der Waals surface area contributed by atoms with Crippen molar-refractivity contribution < 1.29 is 38.5 Å². The van der Waals surface area contributed by atoms with Crippen LogP contribution in [-0.2, 0) is 30.3 Å². The third-order valence-corrected chi connectivity index (χ3v) is 7.22. The molecule has 0 aromatic heterocycles. The number of carbonyl (C=O) groups excluding carboxylic acids is 3. The van der Waals surface area contributed by atoms with Crippen LogP contribution in [-0.4, -0.2) is 40.6 Å². The van der Waals surface area contributed by atoms with Crippen molar-refractivity contribution >= 4 is 23.9 Å². The molecule has 0 aliphatic heterocycles. The summed E-state index contributed by atoms with van der Waals surface area (Å²) in [6.45, 7) is 14.8. The number of rotatable bonds is 16. The first-order valence-corrected chi connectivity index (χ1v) is 13.8. The highest BCUT2D eigenvalue weighted by Gasteiger charge is 2.38. The fraction of sp³-hybridized carbons (Fsp3) is 0.667. The van der Waals surface area contributed by atoms with E-state index in [1.807, 2.05) is 34.6 Å². The van der Waals surface area contributed by atoms with E-state index in [-0.39, 0.29) is 49.0 Å². The number of esters is 3. The number of aliphatic carboxylic acids is 1. The Balaban J connectivity index is 3.23. The van der Waals surface area contributed by atoms with Crippen LogP contribution in [0.15, 0.2) is 18.2 Å². The molecule has 0 bridgehead atoms. The van der Waals surface area contributed by atoms with Crippen molar-refractivity contribution in [1.82, 2.24) is 0 Å². The summed E-state index contributed by atoms with van der Waals surface area (Å²) in [5.74, 6) is -2.31. The van der Waals surface area contributed by atoms with E-state index >= 15 is 0 Å². The highest BCUT2D eigenvalue weighted by Crippen LogP contribution is 2.32. The Bertz CT molecular complexity index is 1000. The first kappa shape index (κ1) is 34.1.